The Labute approximate surface area is 233 Å². The minimum absolute atomic E-state index is 0.327. The molecule has 0 saturated heterocycles. The predicted molar refractivity (Wildman–Crippen MR) is 163 cm³/mol. The van der Waals surface area contributed by atoms with Gasteiger partial charge in [-0.05, 0) is 54.1 Å². The summed E-state index contributed by atoms with van der Waals surface area (Å²) >= 11 is 14.3. The first-order valence-corrected chi connectivity index (χ1v) is 14.7. The monoisotopic (exact) mass is 554 g/mol. The Morgan fingerprint density at radius 2 is 0.895 bits per heavy atom. The van der Waals surface area contributed by atoms with Crippen LogP contribution in [-0.2, 0) is 0 Å². The zero-order chi connectivity index (χ0) is 26.4. The molecule has 0 radical (unpaired) electrons. The summed E-state index contributed by atoms with van der Waals surface area (Å²) in [5.41, 5.74) is 2.09. The van der Waals surface area contributed by atoms with E-state index in [1.807, 2.05) is 84.9 Å². The zero-order valence-corrected chi connectivity index (χ0v) is 22.8. The van der Waals surface area contributed by atoms with Crippen molar-refractivity contribution in [1.82, 2.24) is 0 Å². The van der Waals surface area contributed by atoms with E-state index >= 15 is 0 Å². The molecule has 0 bridgehead atoms. The Bertz CT molecular complexity index is 1460. The topological polar surface area (TPSA) is 12.4 Å². The second-order valence-corrected chi connectivity index (χ2v) is 12.6. The van der Waals surface area contributed by atoms with E-state index in [2.05, 4.69) is 36.4 Å². The number of halogens is 3. The van der Waals surface area contributed by atoms with E-state index in [1.54, 1.807) is 12.1 Å². The normalized spacial score (nSPS) is 12.7. The Morgan fingerprint density at radius 3 is 1.32 bits per heavy atom. The first-order valence-electron chi connectivity index (χ1n) is 12.1. The molecule has 0 amide bonds. The van der Waals surface area contributed by atoms with Crippen molar-refractivity contribution in [1.29, 1.82) is 0 Å². The minimum Gasteiger partial charge on any atom is -0.207 e. The van der Waals surface area contributed by atoms with Crippen LogP contribution in [0.5, 0.6) is 0 Å². The predicted octanol–water partition coefficient (Wildman–Crippen LogP) is 8.37. The fourth-order valence-electron chi connectivity index (χ4n) is 4.50. The lowest BCUT2D eigenvalue weighted by molar-refractivity contribution is 0.627. The fourth-order valence-corrected chi connectivity index (χ4v) is 9.48. The molecule has 0 saturated carbocycles. The lowest BCUT2D eigenvalue weighted by atomic mass is 10.2. The van der Waals surface area contributed by atoms with Gasteiger partial charge in [0.2, 0.25) is 5.44 Å². The first-order chi connectivity index (χ1) is 18.6. The van der Waals surface area contributed by atoms with Crippen molar-refractivity contribution in [3.63, 3.8) is 0 Å². The van der Waals surface area contributed by atoms with Crippen LogP contribution >= 0.6 is 30.5 Å². The van der Waals surface area contributed by atoms with Gasteiger partial charge in [0, 0.05) is 5.56 Å². The maximum atomic E-state index is 13.9. The number of rotatable bonds is 7. The number of hydrogen-bond donors (Lipinski definition) is 0. The summed E-state index contributed by atoms with van der Waals surface area (Å²) in [6.07, 6.45) is 0. The van der Waals surface area contributed by atoms with Crippen molar-refractivity contribution in [3.05, 3.63) is 168 Å². The van der Waals surface area contributed by atoms with Crippen LogP contribution in [0.25, 0.3) is 5.03 Å². The highest BCUT2D eigenvalue weighted by molar-refractivity contribution is 7.99. The van der Waals surface area contributed by atoms with Crippen molar-refractivity contribution in [2.75, 3.05) is 0 Å². The Kier molecular flexibility index (Phi) is 8.15. The van der Waals surface area contributed by atoms with E-state index in [9.17, 15) is 4.39 Å². The summed E-state index contributed by atoms with van der Waals surface area (Å²) < 4.78 is 13.9. The SMILES string of the molecule is Fc1ccc(/C(Cl)=C(/N=C(\Cl)c2ccccc2)[P+](c2ccccc2)(c2ccccc2)c2ccccc2)cc1. The van der Waals surface area contributed by atoms with Crippen LogP contribution in [0.15, 0.2) is 156 Å². The van der Waals surface area contributed by atoms with E-state index in [1.165, 1.54) is 12.1 Å². The largest absolute Gasteiger partial charge is 0.218 e. The molecule has 0 heterocycles. The lowest BCUT2D eigenvalue weighted by Gasteiger charge is -2.28. The van der Waals surface area contributed by atoms with Crippen molar-refractivity contribution in [2.45, 2.75) is 0 Å². The second kappa shape index (κ2) is 11.9. The number of nitrogens with zero attached hydrogens (tertiary/aromatic N) is 1. The highest BCUT2D eigenvalue weighted by Gasteiger charge is 2.52. The van der Waals surface area contributed by atoms with E-state index < -0.39 is 7.26 Å². The summed E-state index contributed by atoms with van der Waals surface area (Å²) in [4.78, 5) is 5.13. The quantitative estimate of drug-likeness (QED) is 0.141. The summed E-state index contributed by atoms with van der Waals surface area (Å²) in [6, 6.07) is 46.7. The van der Waals surface area contributed by atoms with Gasteiger partial charge in [-0.1, -0.05) is 120 Å². The van der Waals surface area contributed by atoms with Crippen LogP contribution < -0.4 is 15.9 Å². The van der Waals surface area contributed by atoms with Gasteiger partial charge >= 0.3 is 0 Å². The number of hydrogen-bond acceptors (Lipinski definition) is 1. The van der Waals surface area contributed by atoms with Gasteiger partial charge in [0.15, 0.2) is 7.26 Å². The molecule has 1 nitrogen and oxygen atoms in total. The molecule has 5 rings (SSSR count). The Balaban J connectivity index is 1.94. The van der Waals surface area contributed by atoms with E-state index in [-0.39, 0.29) is 5.82 Å². The summed E-state index contributed by atoms with van der Waals surface area (Å²) in [5, 5.41) is 3.98. The standard InChI is InChI=1S/C33H24Cl2FNP/c34-31(25-21-23-27(36)24-22-25)33(37-32(35)26-13-5-1-6-14-26)38(28-15-7-2-8-16-28,29-17-9-3-10-18-29)30-19-11-4-12-20-30/h1-24H/q+1/b33-31+,37-32-. The van der Waals surface area contributed by atoms with Crippen molar-refractivity contribution < 1.29 is 4.39 Å². The molecular weight excluding hydrogens is 531 g/mol. The van der Waals surface area contributed by atoms with Gasteiger partial charge in [-0.3, -0.25) is 0 Å². The van der Waals surface area contributed by atoms with Crippen LogP contribution in [0.4, 0.5) is 4.39 Å². The molecule has 0 unspecified atom stereocenters. The molecule has 0 N–H and O–H groups in total. The van der Waals surface area contributed by atoms with Gasteiger partial charge in [0.25, 0.3) is 0 Å². The zero-order valence-electron chi connectivity index (χ0n) is 20.4. The average Bonchev–Trinajstić information content (AvgIpc) is 2.99. The van der Waals surface area contributed by atoms with E-state index in [0.29, 0.717) is 21.2 Å². The molecule has 0 aliphatic rings. The molecule has 0 aromatic heterocycles. The molecule has 0 spiro atoms. The molecule has 0 atom stereocenters. The molecule has 0 aliphatic heterocycles. The van der Waals surface area contributed by atoms with Gasteiger partial charge in [-0.2, -0.15) is 4.99 Å². The van der Waals surface area contributed by atoms with Crippen LogP contribution in [0.3, 0.4) is 0 Å². The van der Waals surface area contributed by atoms with Crippen molar-refractivity contribution >= 4 is 56.6 Å². The van der Waals surface area contributed by atoms with E-state index in [4.69, 9.17) is 28.2 Å². The Hall–Kier alpha value is -3.55. The highest BCUT2D eigenvalue weighted by Crippen LogP contribution is 2.65. The first kappa shape index (κ1) is 26.1. The van der Waals surface area contributed by atoms with Crippen LogP contribution in [0.1, 0.15) is 11.1 Å². The third-order valence-electron chi connectivity index (χ3n) is 6.26. The fraction of sp³-hybridized carbons (Fsp3) is 0. The number of benzene rings is 5. The van der Waals surface area contributed by atoms with Crippen molar-refractivity contribution in [2.24, 2.45) is 4.99 Å². The molecule has 5 heteroatoms. The molecule has 38 heavy (non-hydrogen) atoms. The van der Waals surface area contributed by atoms with Crippen LogP contribution in [0, 0.1) is 5.82 Å². The van der Waals surface area contributed by atoms with Gasteiger partial charge in [0.05, 0.1) is 0 Å². The summed E-state index contributed by atoms with van der Waals surface area (Å²) in [6.45, 7) is 0. The molecule has 0 fully saturated rings. The summed E-state index contributed by atoms with van der Waals surface area (Å²) in [5.74, 6) is -0.333. The molecule has 5 aromatic rings. The lowest BCUT2D eigenvalue weighted by Crippen LogP contribution is -2.32. The molecule has 0 aliphatic carbocycles. The minimum atomic E-state index is -2.69. The average molecular weight is 555 g/mol. The van der Waals surface area contributed by atoms with Crippen molar-refractivity contribution in [3.8, 4) is 0 Å². The van der Waals surface area contributed by atoms with Gasteiger partial charge in [-0.15, -0.1) is 0 Å². The Morgan fingerprint density at radius 1 is 0.500 bits per heavy atom. The highest BCUT2D eigenvalue weighted by atomic mass is 35.5. The summed E-state index contributed by atoms with van der Waals surface area (Å²) in [7, 11) is -2.69. The van der Waals surface area contributed by atoms with Crippen LogP contribution in [-0.4, -0.2) is 5.17 Å². The maximum absolute atomic E-state index is 13.9. The third-order valence-corrected chi connectivity index (χ3v) is 11.3. The van der Waals surface area contributed by atoms with Crippen LogP contribution in [0.2, 0.25) is 0 Å². The third kappa shape index (κ3) is 5.22. The smallest absolute Gasteiger partial charge is 0.207 e. The molecule has 186 valence electrons. The molecule has 5 aromatic carbocycles. The number of aliphatic imine (C=N–C) groups is 1. The second-order valence-electron chi connectivity index (χ2n) is 8.59. The van der Waals surface area contributed by atoms with Gasteiger partial charge in [0.1, 0.15) is 31.9 Å². The van der Waals surface area contributed by atoms with E-state index in [0.717, 1.165) is 21.5 Å². The molecular formula is C33H24Cl2FNP+. The van der Waals surface area contributed by atoms with Gasteiger partial charge < -0.3 is 0 Å². The maximum Gasteiger partial charge on any atom is 0.218 e. The van der Waals surface area contributed by atoms with Gasteiger partial charge in [-0.25, -0.2) is 4.39 Å².